The van der Waals surface area contributed by atoms with E-state index in [1.54, 1.807) is 6.92 Å². The topological polar surface area (TPSA) is 66.6 Å². The van der Waals surface area contributed by atoms with Gasteiger partial charge in [-0.2, -0.15) is 0 Å². The molecule has 1 saturated heterocycles. The van der Waals surface area contributed by atoms with Gasteiger partial charge in [0.2, 0.25) is 5.91 Å². The van der Waals surface area contributed by atoms with Gasteiger partial charge in [-0.1, -0.05) is 18.2 Å². The lowest BCUT2D eigenvalue weighted by molar-refractivity contribution is -0.123. The van der Waals surface area contributed by atoms with E-state index in [2.05, 4.69) is 0 Å². The predicted octanol–water partition coefficient (Wildman–Crippen LogP) is 0.318. The van der Waals surface area contributed by atoms with Crippen molar-refractivity contribution in [3.8, 4) is 0 Å². The number of amides is 2. The number of benzene rings is 1. The summed E-state index contributed by atoms with van der Waals surface area (Å²) in [7, 11) is 0. The van der Waals surface area contributed by atoms with E-state index in [1.807, 2.05) is 40.1 Å². The third kappa shape index (κ3) is 3.12. The Morgan fingerprint density at radius 3 is 2.21 bits per heavy atom. The van der Waals surface area contributed by atoms with Gasteiger partial charge < -0.3 is 10.6 Å². The van der Waals surface area contributed by atoms with Crippen molar-refractivity contribution in [1.82, 2.24) is 9.80 Å². The predicted molar refractivity (Wildman–Crippen MR) is 72.6 cm³/mol. The number of nitrogens with zero attached hydrogens (tertiary/aromatic N) is 2. The molecule has 2 rings (SSSR count). The minimum atomic E-state index is -0.317. The van der Waals surface area contributed by atoms with E-state index >= 15 is 0 Å². The first-order valence-corrected chi connectivity index (χ1v) is 6.47. The fourth-order valence-corrected chi connectivity index (χ4v) is 2.26. The summed E-state index contributed by atoms with van der Waals surface area (Å²) in [5, 5.41) is 0. The summed E-state index contributed by atoms with van der Waals surface area (Å²) in [5.41, 5.74) is 6.00. The summed E-state index contributed by atoms with van der Waals surface area (Å²) >= 11 is 0. The molecule has 2 amide bonds. The van der Waals surface area contributed by atoms with E-state index in [-0.39, 0.29) is 17.9 Å². The zero-order valence-electron chi connectivity index (χ0n) is 11.1. The van der Waals surface area contributed by atoms with Gasteiger partial charge in [-0.25, -0.2) is 0 Å². The van der Waals surface area contributed by atoms with Gasteiger partial charge >= 0.3 is 0 Å². The second kappa shape index (κ2) is 5.84. The van der Waals surface area contributed by atoms with Crippen LogP contribution in [0.4, 0.5) is 0 Å². The summed E-state index contributed by atoms with van der Waals surface area (Å²) in [6.45, 7) is 4.43. The van der Waals surface area contributed by atoms with Crippen molar-refractivity contribution in [3.05, 3.63) is 35.9 Å². The SMILES string of the molecule is C[C@H](C(N)=O)N1CCN(C(=O)c2ccccc2)CC1. The highest BCUT2D eigenvalue weighted by molar-refractivity contribution is 5.94. The average molecular weight is 261 g/mol. The lowest BCUT2D eigenvalue weighted by Crippen LogP contribution is -2.54. The molecule has 2 N–H and O–H groups in total. The maximum absolute atomic E-state index is 12.2. The molecular formula is C14H19N3O2. The number of piperazine rings is 1. The zero-order valence-corrected chi connectivity index (χ0v) is 11.1. The highest BCUT2D eigenvalue weighted by atomic mass is 16.2. The van der Waals surface area contributed by atoms with Gasteiger partial charge in [0.05, 0.1) is 6.04 Å². The first kappa shape index (κ1) is 13.5. The molecule has 1 aliphatic heterocycles. The third-order valence-corrected chi connectivity index (χ3v) is 3.58. The summed E-state index contributed by atoms with van der Waals surface area (Å²) in [4.78, 5) is 27.2. The molecule has 1 aliphatic rings. The van der Waals surface area contributed by atoms with Gasteiger partial charge in [0.25, 0.3) is 5.91 Å². The number of rotatable bonds is 3. The minimum Gasteiger partial charge on any atom is -0.368 e. The monoisotopic (exact) mass is 261 g/mol. The number of hydrogen-bond donors (Lipinski definition) is 1. The van der Waals surface area contributed by atoms with Gasteiger partial charge in [0, 0.05) is 31.7 Å². The van der Waals surface area contributed by atoms with Gasteiger partial charge in [-0.05, 0) is 19.1 Å². The van der Waals surface area contributed by atoms with E-state index < -0.39 is 0 Å². The van der Waals surface area contributed by atoms with E-state index in [0.717, 1.165) is 0 Å². The first-order valence-electron chi connectivity index (χ1n) is 6.47. The summed E-state index contributed by atoms with van der Waals surface area (Å²) in [5.74, 6) is -0.269. The summed E-state index contributed by atoms with van der Waals surface area (Å²) in [6.07, 6.45) is 0. The maximum atomic E-state index is 12.2. The highest BCUT2D eigenvalue weighted by Crippen LogP contribution is 2.10. The zero-order chi connectivity index (χ0) is 13.8. The molecule has 1 aromatic rings. The molecule has 19 heavy (non-hydrogen) atoms. The molecule has 0 bridgehead atoms. The third-order valence-electron chi connectivity index (χ3n) is 3.58. The maximum Gasteiger partial charge on any atom is 0.253 e. The Balaban J connectivity index is 1.93. The number of carbonyl (C=O) groups excluding carboxylic acids is 2. The Kier molecular flexibility index (Phi) is 4.16. The largest absolute Gasteiger partial charge is 0.368 e. The molecule has 0 radical (unpaired) electrons. The molecule has 5 heteroatoms. The lowest BCUT2D eigenvalue weighted by atomic mass is 10.1. The van der Waals surface area contributed by atoms with E-state index in [0.29, 0.717) is 31.7 Å². The Labute approximate surface area is 113 Å². The number of hydrogen-bond acceptors (Lipinski definition) is 3. The molecule has 102 valence electrons. The van der Waals surface area contributed by atoms with E-state index in [4.69, 9.17) is 5.73 Å². The molecule has 1 aromatic carbocycles. The van der Waals surface area contributed by atoms with Crippen LogP contribution in [-0.2, 0) is 4.79 Å². The molecule has 0 aliphatic carbocycles. The molecule has 1 heterocycles. The van der Waals surface area contributed by atoms with Gasteiger partial charge in [-0.15, -0.1) is 0 Å². The number of nitrogens with two attached hydrogens (primary N) is 1. The van der Waals surface area contributed by atoms with Crippen molar-refractivity contribution in [2.75, 3.05) is 26.2 Å². The van der Waals surface area contributed by atoms with Crippen LogP contribution in [-0.4, -0.2) is 53.8 Å². The van der Waals surface area contributed by atoms with Gasteiger partial charge in [0.1, 0.15) is 0 Å². The van der Waals surface area contributed by atoms with Gasteiger partial charge in [0.15, 0.2) is 0 Å². The van der Waals surface area contributed by atoms with Crippen molar-refractivity contribution >= 4 is 11.8 Å². The van der Waals surface area contributed by atoms with Crippen LogP contribution in [0.15, 0.2) is 30.3 Å². The van der Waals surface area contributed by atoms with Crippen molar-refractivity contribution < 1.29 is 9.59 Å². The van der Waals surface area contributed by atoms with Crippen LogP contribution in [0.2, 0.25) is 0 Å². The van der Waals surface area contributed by atoms with Crippen molar-refractivity contribution in [1.29, 1.82) is 0 Å². The fourth-order valence-electron chi connectivity index (χ4n) is 2.26. The number of carbonyl (C=O) groups is 2. The second-order valence-electron chi connectivity index (χ2n) is 4.77. The Bertz CT molecular complexity index is 453. The molecule has 0 saturated carbocycles. The van der Waals surface area contributed by atoms with E-state index in [1.165, 1.54) is 0 Å². The Hall–Kier alpha value is -1.88. The molecular weight excluding hydrogens is 242 g/mol. The quantitative estimate of drug-likeness (QED) is 0.852. The van der Waals surface area contributed by atoms with Crippen LogP contribution in [0.25, 0.3) is 0 Å². The fraction of sp³-hybridized carbons (Fsp3) is 0.429. The molecule has 5 nitrogen and oxygen atoms in total. The average Bonchev–Trinajstić information content (AvgIpc) is 2.46. The van der Waals surface area contributed by atoms with Crippen molar-refractivity contribution in [3.63, 3.8) is 0 Å². The first-order chi connectivity index (χ1) is 9.09. The van der Waals surface area contributed by atoms with Crippen molar-refractivity contribution in [2.45, 2.75) is 13.0 Å². The molecule has 0 spiro atoms. The smallest absolute Gasteiger partial charge is 0.253 e. The molecule has 1 fully saturated rings. The number of primary amides is 1. The Morgan fingerprint density at radius 1 is 1.11 bits per heavy atom. The molecule has 1 atom stereocenters. The van der Waals surface area contributed by atoms with E-state index in [9.17, 15) is 9.59 Å². The highest BCUT2D eigenvalue weighted by Gasteiger charge is 2.26. The van der Waals surface area contributed by atoms with Crippen LogP contribution in [0, 0.1) is 0 Å². The second-order valence-corrected chi connectivity index (χ2v) is 4.77. The normalized spacial score (nSPS) is 18.1. The molecule has 0 unspecified atom stereocenters. The minimum absolute atomic E-state index is 0.0481. The van der Waals surface area contributed by atoms with Crippen molar-refractivity contribution in [2.24, 2.45) is 5.73 Å². The molecule has 0 aromatic heterocycles. The van der Waals surface area contributed by atoms with Crippen LogP contribution >= 0.6 is 0 Å². The van der Waals surface area contributed by atoms with Gasteiger partial charge in [-0.3, -0.25) is 14.5 Å². The standard InChI is InChI=1S/C14H19N3O2/c1-11(13(15)18)16-7-9-17(10-8-16)14(19)12-5-3-2-4-6-12/h2-6,11H,7-10H2,1H3,(H2,15,18)/t11-/m1/s1. The van der Waals surface area contributed by atoms with Crippen LogP contribution < -0.4 is 5.73 Å². The van der Waals surface area contributed by atoms with Crippen LogP contribution in [0.5, 0.6) is 0 Å². The van der Waals surface area contributed by atoms with Crippen LogP contribution in [0.3, 0.4) is 0 Å². The Morgan fingerprint density at radius 2 is 1.68 bits per heavy atom. The lowest BCUT2D eigenvalue weighted by Gasteiger charge is -2.36. The summed E-state index contributed by atoms with van der Waals surface area (Å²) < 4.78 is 0. The summed E-state index contributed by atoms with van der Waals surface area (Å²) in [6, 6.07) is 8.98. The van der Waals surface area contributed by atoms with Crippen LogP contribution in [0.1, 0.15) is 17.3 Å².